The van der Waals surface area contributed by atoms with Crippen LogP contribution < -0.4 is 0 Å². The second kappa shape index (κ2) is 13.8. The molecule has 7 rings (SSSR count). The number of rotatable bonds is 10. The van der Waals surface area contributed by atoms with Crippen molar-refractivity contribution in [2.24, 2.45) is 0 Å². The maximum atomic E-state index is 5.21. The molecule has 0 radical (unpaired) electrons. The van der Waals surface area contributed by atoms with E-state index in [1.165, 1.54) is 33.4 Å². The summed E-state index contributed by atoms with van der Waals surface area (Å²) in [6, 6.07) is 36.3. The minimum atomic E-state index is -0.683. The van der Waals surface area contributed by atoms with E-state index in [9.17, 15) is 0 Å². The van der Waals surface area contributed by atoms with Gasteiger partial charge in [-0.3, -0.25) is 0 Å². The van der Waals surface area contributed by atoms with Gasteiger partial charge in [0.05, 0.1) is 5.41 Å². The molecule has 4 aromatic carbocycles. The number of benzene rings is 4. The SMILES string of the molecule is C=C/C=C\C1=C(C)C(C)=C(/C(=C\C=C)c2nc(/C(C=C)=C/C=C)nc(-c3ccccc3)n2)C12c1ccccc1-c1ccc(-c3ccccc3)cc12. The second-order valence-electron chi connectivity index (χ2n) is 12.6. The molecule has 0 bridgehead atoms. The lowest BCUT2D eigenvalue weighted by Crippen LogP contribution is -2.29. The average molecular weight is 658 g/mol. The summed E-state index contributed by atoms with van der Waals surface area (Å²) in [6.45, 7) is 20.7. The van der Waals surface area contributed by atoms with Crippen molar-refractivity contribution in [1.29, 1.82) is 0 Å². The van der Waals surface area contributed by atoms with Gasteiger partial charge in [-0.05, 0) is 75.6 Å². The fraction of sp³-hybridized carbons (Fsp3) is 0.0625. The van der Waals surface area contributed by atoms with Crippen LogP contribution in [0.1, 0.15) is 36.6 Å². The highest BCUT2D eigenvalue weighted by molar-refractivity contribution is 5.97. The summed E-state index contributed by atoms with van der Waals surface area (Å²) in [7, 11) is 0. The van der Waals surface area contributed by atoms with Crippen molar-refractivity contribution >= 4 is 11.1 Å². The largest absolute Gasteiger partial charge is 0.208 e. The lowest BCUT2D eigenvalue weighted by atomic mass is 9.66. The fourth-order valence-electron chi connectivity index (χ4n) is 7.64. The zero-order chi connectivity index (χ0) is 35.5. The summed E-state index contributed by atoms with van der Waals surface area (Å²) >= 11 is 0. The molecule has 0 N–H and O–H groups in total. The molecule has 1 heterocycles. The molecule has 246 valence electrons. The lowest BCUT2D eigenvalue weighted by Gasteiger charge is -2.35. The van der Waals surface area contributed by atoms with Gasteiger partial charge in [0.25, 0.3) is 0 Å². The molecule has 0 saturated heterocycles. The number of hydrogen-bond acceptors (Lipinski definition) is 3. The van der Waals surface area contributed by atoms with Gasteiger partial charge in [-0.25, -0.2) is 15.0 Å². The highest BCUT2D eigenvalue weighted by Gasteiger charge is 2.53. The maximum Gasteiger partial charge on any atom is 0.164 e. The van der Waals surface area contributed by atoms with E-state index in [-0.39, 0.29) is 0 Å². The molecule has 2 aliphatic rings. The van der Waals surface area contributed by atoms with Crippen molar-refractivity contribution < 1.29 is 0 Å². The van der Waals surface area contributed by atoms with Crippen LogP contribution in [0.5, 0.6) is 0 Å². The van der Waals surface area contributed by atoms with E-state index < -0.39 is 5.41 Å². The third kappa shape index (κ3) is 5.44. The molecular weight excluding hydrogens is 619 g/mol. The number of hydrogen-bond donors (Lipinski definition) is 0. The van der Waals surface area contributed by atoms with Crippen molar-refractivity contribution in [1.82, 2.24) is 15.0 Å². The van der Waals surface area contributed by atoms with Crippen LogP contribution in [-0.4, -0.2) is 15.0 Å². The Labute approximate surface area is 301 Å². The third-order valence-corrected chi connectivity index (χ3v) is 9.91. The molecular formula is C48H39N3. The lowest BCUT2D eigenvalue weighted by molar-refractivity contribution is 0.779. The predicted octanol–water partition coefficient (Wildman–Crippen LogP) is 11.9. The van der Waals surface area contributed by atoms with Crippen LogP contribution in [0.2, 0.25) is 0 Å². The monoisotopic (exact) mass is 657 g/mol. The molecule has 51 heavy (non-hydrogen) atoms. The van der Waals surface area contributed by atoms with Crippen LogP contribution in [0.4, 0.5) is 0 Å². The van der Waals surface area contributed by atoms with Crippen LogP contribution in [0.15, 0.2) is 200 Å². The Balaban J connectivity index is 1.59. The summed E-state index contributed by atoms with van der Waals surface area (Å²) in [6.07, 6.45) is 15.3. The van der Waals surface area contributed by atoms with Gasteiger partial charge in [0.2, 0.25) is 0 Å². The van der Waals surface area contributed by atoms with E-state index >= 15 is 0 Å². The van der Waals surface area contributed by atoms with Gasteiger partial charge in [-0.15, -0.1) is 0 Å². The van der Waals surface area contributed by atoms with Crippen LogP contribution in [0.3, 0.4) is 0 Å². The van der Waals surface area contributed by atoms with Crippen LogP contribution >= 0.6 is 0 Å². The molecule has 0 saturated carbocycles. The number of aromatic nitrogens is 3. The Morgan fingerprint density at radius 2 is 1.24 bits per heavy atom. The van der Waals surface area contributed by atoms with Gasteiger partial charge in [-0.1, -0.05) is 172 Å². The Morgan fingerprint density at radius 3 is 1.92 bits per heavy atom. The Bertz CT molecular complexity index is 2380. The van der Waals surface area contributed by atoms with E-state index in [2.05, 4.69) is 119 Å². The average Bonchev–Trinajstić information content (AvgIpc) is 3.58. The quantitative estimate of drug-likeness (QED) is 0.140. The molecule has 1 aromatic heterocycles. The standard InChI is InChI=1S/C48H39N3/c1-7-11-27-41-32(5)33(6)44(40(21-9-3)47-50-45(34(10-4)20-8-2)49-46(51-47)36-24-16-13-17-25-36)48(41)42-28-19-18-26-38(42)39-30-29-37(31-43(39)48)35-22-14-12-15-23-35/h7-31H,1-4H2,5-6H3/b27-11-,34-20+,40-21+. The Kier molecular flexibility index (Phi) is 8.96. The summed E-state index contributed by atoms with van der Waals surface area (Å²) < 4.78 is 0. The summed E-state index contributed by atoms with van der Waals surface area (Å²) in [5, 5.41) is 0. The first kappa shape index (κ1) is 33.1. The fourth-order valence-corrected chi connectivity index (χ4v) is 7.64. The van der Waals surface area contributed by atoms with Crippen molar-refractivity contribution in [2.75, 3.05) is 0 Å². The van der Waals surface area contributed by atoms with Crippen LogP contribution in [0.25, 0.3) is 44.8 Å². The minimum Gasteiger partial charge on any atom is -0.208 e. The zero-order valence-electron chi connectivity index (χ0n) is 29.1. The molecule has 0 fully saturated rings. The van der Waals surface area contributed by atoms with Gasteiger partial charge >= 0.3 is 0 Å². The van der Waals surface area contributed by atoms with Gasteiger partial charge in [0, 0.05) is 16.7 Å². The van der Waals surface area contributed by atoms with Gasteiger partial charge in [-0.2, -0.15) is 0 Å². The van der Waals surface area contributed by atoms with E-state index in [4.69, 9.17) is 15.0 Å². The molecule has 3 nitrogen and oxygen atoms in total. The van der Waals surface area contributed by atoms with Crippen LogP contribution in [-0.2, 0) is 5.41 Å². The first-order valence-electron chi connectivity index (χ1n) is 17.1. The van der Waals surface area contributed by atoms with Crippen molar-refractivity contribution in [3.63, 3.8) is 0 Å². The normalized spacial score (nSPS) is 16.8. The van der Waals surface area contributed by atoms with Crippen molar-refractivity contribution in [3.05, 3.63) is 223 Å². The molecule has 2 aliphatic carbocycles. The summed E-state index contributed by atoms with van der Waals surface area (Å²) in [5.41, 5.74) is 13.7. The minimum absolute atomic E-state index is 0.518. The van der Waals surface area contributed by atoms with Crippen LogP contribution in [0, 0.1) is 0 Å². The topological polar surface area (TPSA) is 38.7 Å². The number of nitrogens with zero attached hydrogens (tertiary/aromatic N) is 3. The highest BCUT2D eigenvalue weighted by Crippen LogP contribution is 2.64. The highest BCUT2D eigenvalue weighted by atomic mass is 15.0. The molecule has 0 amide bonds. The molecule has 0 aliphatic heterocycles. The van der Waals surface area contributed by atoms with Crippen molar-refractivity contribution in [3.8, 4) is 33.6 Å². The molecule has 1 spiro atoms. The Morgan fingerprint density at radius 1 is 0.588 bits per heavy atom. The van der Waals surface area contributed by atoms with E-state index in [0.29, 0.717) is 17.5 Å². The first-order valence-corrected chi connectivity index (χ1v) is 17.1. The van der Waals surface area contributed by atoms with Gasteiger partial charge in [0.15, 0.2) is 17.5 Å². The van der Waals surface area contributed by atoms with E-state index in [1.807, 2.05) is 60.7 Å². The second-order valence-corrected chi connectivity index (χ2v) is 12.6. The molecule has 3 heteroatoms. The summed E-state index contributed by atoms with van der Waals surface area (Å²) in [5.74, 6) is 1.64. The number of fused-ring (bicyclic) bond motifs is 5. The Hall–Kier alpha value is -6.45. The molecule has 1 unspecified atom stereocenters. The summed E-state index contributed by atoms with van der Waals surface area (Å²) in [4.78, 5) is 15.3. The molecule has 5 aromatic rings. The van der Waals surface area contributed by atoms with Gasteiger partial charge in [0.1, 0.15) is 0 Å². The smallest absolute Gasteiger partial charge is 0.164 e. The van der Waals surface area contributed by atoms with Crippen molar-refractivity contribution in [2.45, 2.75) is 19.3 Å². The predicted molar refractivity (Wildman–Crippen MR) is 215 cm³/mol. The first-order chi connectivity index (χ1) is 25.0. The maximum absolute atomic E-state index is 5.21. The van der Waals surface area contributed by atoms with E-state index in [0.717, 1.165) is 39.0 Å². The van der Waals surface area contributed by atoms with E-state index in [1.54, 1.807) is 12.2 Å². The third-order valence-electron chi connectivity index (χ3n) is 9.91. The number of allylic oxidation sites excluding steroid dienone is 14. The van der Waals surface area contributed by atoms with Gasteiger partial charge < -0.3 is 0 Å². The zero-order valence-corrected chi connectivity index (χ0v) is 29.1. The molecule has 1 atom stereocenters.